The Morgan fingerprint density at radius 1 is 0.333 bits per heavy atom. The van der Waals surface area contributed by atoms with Gasteiger partial charge in [-0.25, -0.2) is 0 Å². The first-order chi connectivity index (χ1) is 29.5. The van der Waals surface area contributed by atoms with Crippen molar-refractivity contribution >= 4 is 17.9 Å². The SMILES string of the molecule is CCCCC/C=C\C=C/CCCCCCCCC(=O)OCC(COC(=O)CCCCCCCCCCCCCC)OC(=O)CCCCCCCC/C=C\C=C/CCCCC. The molecule has 6 nitrogen and oxygen atoms in total. The Labute approximate surface area is 371 Å². The van der Waals surface area contributed by atoms with Gasteiger partial charge in [0.15, 0.2) is 6.10 Å². The van der Waals surface area contributed by atoms with Crippen molar-refractivity contribution in [3.8, 4) is 0 Å². The molecule has 0 saturated heterocycles. The number of carbonyl (C=O) groups is 3. The van der Waals surface area contributed by atoms with Crippen molar-refractivity contribution in [3.05, 3.63) is 48.6 Å². The molecule has 0 fully saturated rings. The normalized spacial score (nSPS) is 12.4. The lowest BCUT2D eigenvalue weighted by Crippen LogP contribution is -2.30. The molecule has 0 aromatic heterocycles. The number of hydrogen-bond acceptors (Lipinski definition) is 6. The molecule has 0 saturated carbocycles. The van der Waals surface area contributed by atoms with Gasteiger partial charge >= 0.3 is 17.9 Å². The van der Waals surface area contributed by atoms with Crippen molar-refractivity contribution in [1.29, 1.82) is 0 Å². The van der Waals surface area contributed by atoms with E-state index in [1.54, 1.807) is 0 Å². The molecule has 0 bridgehead atoms. The van der Waals surface area contributed by atoms with E-state index in [1.165, 1.54) is 148 Å². The van der Waals surface area contributed by atoms with Gasteiger partial charge in [0.2, 0.25) is 0 Å². The fourth-order valence-corrected chi connectivity index (χ4v) is 7.19. The summed E-state index contributed by atoms with van der Waals surface area (Å²) in [6.07, 6.45) is 58.0. The Balaban J connectivity index is 4.40. The standard InChI is InChI=1S/C54H96O6/c1-4-7-10-13-16-19-22-25-27-29-32-35-38-41-44-47-53(56)59-50-51(49-58-52(55)46-43-40-37-34-31-24-21-18-15-12-9-6-3)60-54(57)48-45-42-39-36-33-30-28-26-23-20-17-14-11-8-5-2/h16-17,19-20,22-23,25-26,51H,4-15,18,21,24,27-50H2,1-3H3/b19-16-,20-17-,25-22-,26-23-. The second-order valence-electron chi connectivity index (χ2n) is 17.1. The van der Waals surface area contributed by atoms with Crippen LogP contribution in [0.15, 0.2) is 48.6 Å². The molecule has 0 heterocycles. The molecule has 0 rings (SSSR count). The average Bonchev–Trinajstić information content (AvgIpc) is 3.24. The van der Waals surface area contributed by atoms with Crippen molar-refractivity contribution < 1.29 is 28.6 Å². The second kappa shape index (κ2) is 49.0. The summed E-state index contributed by atoms with van der Waals surface area (Å²) < 4.78 is 16.8. The van der Waals surface area contributed by atoms with Crippen molar-refractivity contribution in [2.24, 2.45) is 0 Å². The Morgan fingerprint density at radius 2 is 0.583 bits per heavy atom. The van der Waals surface area contributed by atoms with E-state index in [4.69, 9.17) is 14.2 Å². The molecule has 0 aliphatic rings. The third-order valence-electron chi connectivity index (χ3n) is 11.1. The number of ether oxygens (including phenoxy) is 3. The maximum Gasteiger partial charge on any atom is 0.306 e. The third-order valence-corrected chi connectivity index (χ3v) is 11.1. The van der Waals surface area contributed by atoms with E-state index in [-0.39, 0.29) is 31.1 Å². The molecule has 1 unspecified atom stereocenters. The topological polar surface area (TPSA) is 78.9 Å². The van der Waals surface area contributed by atoms with Crippen molar-refractivity contribution in [1.82, 2.24) is 0 Å². The maximum atomic E-state index is 12.8. The summed E-state index contributed by atoms with van der Waals surface area (Å²) in [5, 5.41) is 0. The van der Waals surface area contributed by atoms with Gasteiger partial charge in [-0.15, -0.1) is 0 Å². The Morgan fingerprint density at radius 3 is 0.917 bits per heavy atom. The monoisotopic (exact) mass is 841 g/mol. The molecule has 0 aromatic carbocycles. The van der Waals surface area contributed by atoms with Gasteiger partial charge in [0.05, 0.1) is 0 Å². The van der Waals surface area contributed by atoms with Gasteiger partial charge in [-0.2, -0.15) is 0 Å². The molecule has 6 heteroatoms. The summed E-state index contributed by atoms with van der Waals surface area (Å²) in [6.45, 7) is 6.57. The lowest BCUT2D eigenvalue weighted by molar-refractivity contribution is -0.167. The zero-order valence-corrected chi connectivity index (χ0v) is 39.7. The molecule has 0 aromatic rings. The molecular formula is C54H96O6. The summed E-state index contributed by atoms with van der Waals surface area (Å²) >= 11 is 0. The highest BCUT2D eigenvalue weighted by molar-refractivity contribution is 5.71. The number of carbonyl (C=O) groups excluding carboxylic acids is 3. The minimum Gasteiger partial charge on any atom is -0.462 e. The minimum atomic E-state index is -0.780. The number of allylic oxidation sites excluding steroid dienone is 8. The van der Waals surface area contributed by atoms with Crippen LogP contribution in [-0.2, 0) is 28.6 Å². The molecule has 1 atom stereocenters. The van der Waals surface area contributed by atoms with Crippen LogP contribution in [0.1, 0.15) is 258 Å². The number of esters is 3. The highest BCUT2D eigenvalue weighted by Crippen LogP contribution is 2.15. The van der Waals surface area contributed by atoms with Crippen LogP contribution in [0.25, 0.3) is 0 Å². The summed E-state index contributed by atoms with van der Waals surface area (Å²) in [7, 11) is 0. The van der Waals surface area contributed by atoms with Crippen LogP contribution in [-0.4, -0.2) is 37.2 Å². The number of hydrogen-bond donors (Lipinski definition) is 0. The summed E-state index contributed by atoms with van der Waals surface area (Å²) in [6, 6.07) is 0. The molecule has 0 spiro atoms. The summed E-state index contributed by atoms with van der Waals surface area (Å²) in [5.74, 6) is -0.897. The molecular weight excluding hydrogens is 745 g/mol. The van der Waals surface area contributed by atoms with Crippen LogP contribution in [0.5, 0.6) is 0 Å². The minimum absolute atomic E-state index is 0.0797. The largest absolute Gasteiger partial charge is 0.462 e. The van der Waals surface area contributed by atoms with Crippen LogP contribution in [0, 0.1) is 0 Å². The van der Waals surface area contributed by atoms with E-state index in [0.717, 1.165) is 70.6 Å². The lowest BCUT2D eigenvalue weighted by Gasteiger charge is -2.18. The van der Waals surface area contributed by atoms with E-state index in [1.807, 2.05) is 0 Å². The maximum absolute atomic E-state index is 12.8. The van der Waals surface area contributed by atoms with Crippen molar-refractivity contribution in [2.75, 3.05) is 13.2 Å². The molecule has 0 aliphatic heterocycles. The van der Waals surface area contributed by atoms with Crippen molar-refractivity contribution in [2.45, 2.75) is 264 Å². The summed E-state index contributed by atoms with van der Waals surface area (Å²) in [4.78, 5) is 37.9. The van der Waals surface area contributed by atoms with Crippen LogP contribution in [0.3, 0.4) is 0 Å². The summed E-state index contributed by atoms with van der Waals surface area (Å²) in [5.41, 5.74) is 0. The predicted octanol–water partition coefficient (Wildman–Crippen LogP) is 16.7. The van der Waals surface area contributed by atoms with Gasteiger partial charge < -0.3 is 14.2 Å². The second-order valence-corrected chi connectivity index (χ2v) is 17.1. The predicted molar refractivity (Wildman–Crippen MR) is 256 cm³/mol. The quantitative estimate of drug-likeness (QED) is 0.0263. The third kappa shape index (κ3) is 46.4. The van der Waals surface area contributed by atoms with Crippen LogP contribution < -0.4 is 0 Å². The average molecular weight is 841 g/mol. The van der Waals surface area contributed by atoms with Gasteiger partial charge in [0.25, 0.3) is 0 Å². The smallest absolute Gasteiger partial charge is 0.306 e. The van der Waals surface area contributed by atoms with Gasteiger partial charge in [-0.3, -0.25) is 14.4 Å². The van der Waals surface area contributed by atoms with E-state index >= 15 is 0 Å². The van der Waals surface area contributed by atoms with Crippen molar-refractivity contribution in [3.63, 3.8) is 0 Å². The Bertz CT molecular complexity index is 1060. The van der Waals surface area contributed by atoms with E-state index in [0.29, 0.717) is 19.3 Å². The molecule has 0 aliphatic carbocycles. The first-order valence-corrected chi connectivity index (χ1v) is 25.7. The number of unbranched alkanes of at least 4 members (excludes halogenated alkanes) is 29. The molecule has 60 heavy (non-hydrogen) atoms. The molecule has 0 amide bonds. The van der Waals surface area contributed by atoms with E-state index in [2.05, 4.69) is 69.4 Å². The zero-order valence-electron chi connectivity index (χ0n) is 39.7. The Hall–Kier alpha value is -2.63. The highest BCUT2D eigenvalue weighted by Gasteiger charge is 2.19. The van der Waals surface area contributed by atoms with Gasteiger partial charge in [-0.05, 0) is 70.6 Å². The van der Waals surface area contributed by atoms with Gasteiger partial charge in [0.1, 0.15) is 13.2 Å². The van der Waals surface area contributed by atoms with E-state index in [9.17, 15) is 14.4 Å². The molecule has 0 radical (unpaired) electrons. The molecule has 348 valence electrons. The zero-order chi connectivity index (χ0) is 43.7. The fraction of sp³-hybridized carbons (Fsp3) is 0.796. The van der Waals surface area contributed by atoms with E-state index < -0.39 is 6.10 Å². The van der Waals surface area contributed by atoms with Gasteiger partial charge in [-0.1, -0.05) is 217 Å². The fourth-order valence-electron chi connectivity index (χ4n) is 7.19. The molecule has 0 N–H and O–H groups in total. The lowest BCUT2D eigenvalue weighted by atomic mass is 10.0. The highest BCUT2D eigenvalue weighted by atomic mass is 16.6. The van der Waals surface area contributed by atoms with Crippen LogP contribution >= 0.6 is 0 Å². The first-order valence-electron chi connectivity index (χ1n) is 25.7. The first kappa shape index (κ1) is 57.4. The number of rotatable bonds is 46. The van der Waals surface area contributed by atoms with Gasteiger partial charge in [0, 0.05) is 19.3 Å². The van der Waals surface area contributed by atoms with Crippen LogP contribution in [0.4, 0.5) is 0 Å². The van der Waals surface area contributed by atoms with Crippen LogP contribution in [0.2, 0.25) is 0 Å². The Kier molecular flexibility index (Phi) is 46.9.